The lowest BCUT2D eigenvalue weighted by Crippen LogP contribution is -2.24. The number of amides is 2. The quantitative estimate of drug-likeness (QED) is 0.704. The fraction of sp³-hybridized carbons (Fsp3) is 0.0500. The number of hydrogen-bond acceptors (Lipinski definition) is 3. The van der Waals surface area contributed by atoms with Gasteiger partial charge in [0, 0.05) is 24.5 Å². The third-order valence-corrected chi connectivity index (χ3v) is 3.86. The molecule has 0 atom stereocenters. The third kappa shape index (κ3) is 4.35. The molecule has 0 fully saturated rings. The summed E-state index contributed by atoms with van der Waals surface area (Å²) >= 11 is 0. The molecular formula is C20H14F3N3O2. The Morgan fingerprint density at radius 1 is 0.821 bits per heavy atom. The summed E-state index contributed by atoms with van der Waals surface area (Å²) in [6.45, 7) is -0.0532. The molecule has 1 heterocycles. The van der Waals surface area contributed by atoms with E-state index in [1.54, 1.807) is 6.07 Å². The van der Waals surface area contributed by atoms with E-state index in [9.17, 15) is 22.8 Å². The van der Waals surface area contributed by atoms with Gasteiger partial charge in [0.05, 0.1) is 11.1 Å². The molecular weight excluding hydrogens is 371 g/mol. The Kier molecular flexibility index (Phi) is 5.69. The molecule has 0 saturated heterocycles. The molecule has 3 aromatic rings. The average molecular weight is 385 g/mol. The van der Waals surface area contributed by atoms with Gasteiger partial charge in [-0.2, -0.15) is 0 Å². The number of aromatic nitrogens is 1. The molecule has 28 heavy (non-hydrogen) atoms. The van der Waals surface area contributed by atoms with Crippen molar-refractivity contribution in [3.05, 3.63) is 95.1 Å². The number of para-hydroxylation sites is 1. The summed E-state index contributed by atoms with van der Waals surface area (Å²) in [6, 6.07) is 10.4. The Morgan fingerprint density at radius 2 is 1.43 bits per heavy atom. The molecule has 2 N–H and O–H groups in total. The SMILES string of the molecule is O=C(NCc1ccccc1F)c1cncc(C(=O)Nc2c(F)cccc2F)c1. The van der Waals surface area contributed by atoms with Crippen LogP contribution < -0.4 is 10.6 Å². The lowest BCUT2D eigenvalue weighted by molar-refractivity contribution is 0.0950. The van der Waals surface area contributed by atoms with Gasteiger partial charge in [-0.05, 0) is 24.3 Å². The number of nitrogens with zero attached hydrogens (tertiary/aromatic N) is 1. The van der Waals surface area contributed by atoms with E-state index in [-0.39, 0.29) is 17.7 Å². The first-order valence-electron chi connectivity index (χ1n) is 8.17. The van der Waals surface area contributed by atoms with Crippen LogP contribution >= 0.6 is 0 Å². The Hall–Kier alpha value is -3.68. The van der Waals surface area contributed by atoms with E-state index in [4.69, 9.17) is 0 Å². The summed E-state index contributed by atoms with van der Waals surface area (Å²) in [4.78, 5) is 28.3. The first-order chi connectivity index (χ1) is 13.5. The average Bonchev–Trinajstić information content (AvgIpc) is 2.70. The molecule has 0 aliphatic heterocycles. The van der Waals surface area contributed by atoms with Gasteiger partial charge in [-0.15, -0.1) is 0 Å². The minimum Gasteiger partial charge on any atom is -0.348 e. The number of pyridine rings is 1. The molecule has 0 radical (unpaired) electrons. The van der Waals surface area contributed by atoms with Crippen molar-refractivity contribution in [2.75, 3.05) is 5.32 Å². The highest BCUT2D eigenvalue weighted by molar-refractivity contribution is 6.05. The highest BCUT2D eigenvalue weighted by Crippen LogP contribution is 2.19. The van der Waals surface area contributed by atoms with Gasteiger partial charge in [-0.25, -0.2) is 13.2 Å². The zero-order valence-electron chi connectivity index (χ0n) is 14.4. The number of carbonyl (C=O) groups is 2. The van der Waals surface area contributed by atoms with Gasteiger partial charge >= 0.3 is 0 Å². The normalized spacial score (nSPS) is 10.4. The van der Waals surface area contributed by atoms with Gasteiger partial charge in [-0.1, -0.05) is 24.3 Å². The number of anilines is 1. The maximum atomic E-state index is 13.7. The Labute approximate surface area is 158 Å². The molecule has 0 aliphatic carbocycles. The Morgan fingerprint density at radius 3 is 2.11 bits per heavy atom. The van der Waals surface area contributed by atoms with Crippen molar-refractivity contribution >= 4 is 17.5 Å². The molecule has 0 bridgehead atoms. The number of benzene rings is 2. The highest BCUT2D eigenvalue weighted by Gasteiger charge is 2.16. The summed E-state index contributed by atoms with van der Waals surface area (Å²) in [5, 5.41) is 4.64. The van der Waals surface area contributed by atoms with Crippen LogP contribution in [0.2, 0.25) is 0 Å². The second-order valence-electron chi connectivity index (χ2n) is 5.79. The molecule has 0 spiro atoms. The smallest absolute Gasteiger partial charge is 0.257 e. The van der Waals surface area contributed by atoms with Crippen molar-refractivity contribution in [2.45, 2.75) is 6.54 Å². The van der Waals surface area contributed by atoms with Crippen LogP contribution in [0.15, 0.2) is 60.9 Å². The van der Waals surface area contributed by atoms with Crippen LogP contribution in [0, 0.1) is 17.5 Å². The number of nitrogens with one attached hydrogen (secondary N) is 2. The topological polar surface area (TPSA) is 71.1 Å². The van der Waals surface area contributed by atoms with Crippen LogP contribution in [0.25, 0.3) is 0 Å². The lowest BCUT2D eigenvalue weighted by atomic mass is 10.1. The standard InChI is InChI=1S/C20H14F3N3O2/c21-15-5-2-1-4-12(15)11-25-19(27)13-8-14(10-24-9-13)20(28)26-18-16(22)6-3-7-17(18)23/h1-10H,11H2,(H,25,27)(H,26,28). The van der Waals surface area contributed by atoms with E-state index in [2.05, 4.69) is 15.6 Å². The van der Waals surface area contributed by atoms with Crippen molar-refractivity contribution in [1.29, 1.82) is 0 Å². The number of carbonyl (C=O) groups excluding carboxylic acids is 2. The van der Waals surface area contributed by atoms with Crippen molar-refractivity contribution in [1.82, 2.24) is 10.3 Å². The molecule has 2 amide bonds. The molecule has 0 saturated carbocycles. The minimum absolute atomic E-state index is 0.0398. The van der Waals surface area contributed by atoms with Crippen LogP contribution in [0.3, 0.4) is 0 Å². The van der Waals surface area contributed by atoms with Gasteiger partial charge in [-0.3, -0.25) is 14.6 Å². The maximum absolute atomic E-state index is 13.7. The van der Waals surface area contributed by atoms with E-state index in [0.29, 0.717) is 5.56 Å². The predicted molar refractivity (Wildman–Crippen MR) is 96.1 cm³/mol. The zero-order valence-corrected chi connectivity index (χ0v) is 14.4. The predicted octanol–water partition coefficient (Wildman–Crippen LogP) is 3.68. The van der Waals surface area contributed by atoms with Crippen LogP contribution in [-0.2, 0) is 6.54 Å². The van der Waals surface area contributed by atoms with E-state index < -0.39 is 35.0 Å². The van der Waals surface area contributed by atoms with Crippen molar-refractivity contribution in [3.8, 4) is 0 Å². The summed E-state index contributed by atoms with van der Waals surface area (Å²) in [5.74, 6) is -3.73. The molecule has 2 aromatic carbocycles. The Balaban J connectivity index is 1.72. The lowest BCUT2D eigenvalue weighted by Gasteiger charge is -2.09. The fourth-order valence-corrected chi connectivity index (χ4v) is 2.41. The van der Waals surface area contributed by atoms with E-state index >= 15 is 0 Å². The number of halogens is 3. The van der Waals surface area contributed by atoms with Crippen LogP contribution in [-0.4, -0.2) is 16.8 Å². The monoisotopic (exact) mass is 385 g/mol. The molecule has 3 rings (SSSR count). The molecule has 0 unspecified atom stereocenters. The van der Waals surface area contributed by atoms with Crippen molar-refractivity contribution in [3.63, 3.8) is 0 Å². The number of rotatable bonds is 5. The minimum atomic E-state index is -0.930. The molecule has 142 valence electrons. The summed E-state index contributed by atoms with van der Waals surface area (Å²) in [5.41, 5.74) is -0.325. The summed E-state index contributed by atoms with van der Waals surface area (Å²) < 4.78 is 40.9. The maximum Gasteiger partial charge on any atom is 0.257 e. The van der Waals surface area contributed by atoms with E-state index in [1.165, 1.54) is 36.5 Å². The molecule has 8 heteroatoms. The first kappa shape index (κ1) is 19.1. The van der Waals surface area contributed by atoms with Gasteiger partial charge < -0.3 is 10.6 Å². The summed E-state index contributed by atoms with van der Waals surface area (Å²) in [6.07, 6.45) is 2.37. The van der Waals surface area contributed by atoms with Crippen LogP contribution in [0.4, 0.5) is 18.9 Å². The van der Waals surface area contributed by atoms with E-state index in [1.807, 2.05) is 0 Å². The second kappa shape index (κ2) is 8.34. The molecule has 1 aromatic heterocycles. The van der Waals surface area contributed by atoms with Crippen molar-refractivity contribution in [2.24, 2.45) is 0 Å². The molecule has 5 nitrogen and oxygen atoms in total. The Bertz CT molecular complexity index is 1020. The van der Waals surface area contributed by atoms with E-state index in [0.717, 1.165) is 18.3 Å². The number of hydrogen-bond donors (Lipinski definition) is 2. The van der Waals surface area contributed by atoms with Crippen LogP contribution in [0.1, 0.15) is 26.3 Å². The van der Waals surface area contributed by atoms with Gasteiger partial charge in [0.1, 0.15) is 23.1 Å². The summed E-state index contributed by atoms with van der Waals surface area (Å²) in [7, 11) is 0. The highest BCUT2D eigenvalue weighted by atomic mass is 19.1. The zero-order chi connectivity index (χ0) is 20.1. The molecule has 0 aliphatic rings. The largest absolute Gasteiger partial charge is 0.348 e. The van der Waals surface area contributed by atoms with Gasteiger partial charge in [0.25, 0.3) is 11.8 Å². The third-order valence-electron chi connectivity index (χ3n) is 3.86. The second-order valence-corrected chi connectivity index (χ2v) is 5.79. The fourth-order valence-electron chi connectivity index (χ4n) is 2.41. The van der Waals surface area contributed by atoms with Gasteiger partial charge in [0.15, 0.2) is 0 Å². The first-order valence-corrected chi connectivity index (χ1v) is 8.17. The van der Waals surface area contributed by atoms with Crippen LogP contribution in [0.5, 0.6) is 0 Å². The van der Waals surface area contributed by atoms with Gasteiger partial charge in [0.2, 0.25) is 0 Å². The van der Waals surface area contributed by atoms with Crippen molar-refractivity contribution < 1.29 is 22.8 Å².